The number of benzene rings is 1. The molecule has 0 spiro atoms. The van der Waals surface area contributed by atoms with Crippen molar-refractivity contribution in [3.63, 3.8) is 0 Å². The predicted molar refractivity (Wildman–Crippen MR) is 158 cm³/mol. The van der Waals surface area contributed by atoms with Gasteiger partial charge in [0.05, 0.1) is 29.1 Å². The minimum absolute atomic E-state index is 0.0163. The van der Waals surface area contributed by atoms with Crippen LogP contribution in [0.4, 0.5) is 0 Å². The highest BCUT2D eigenvalue weighted by atomic mass is 35.5. The third-order valence-corrected chi connectivity index (χ3v) is 9.45. The first kappa shape index (κ1) is 28.0. The van der Waals surface area contributed by atoms with Gasteiger partial charge in [-0.25, -0.2) is 4.98 Å². The first-order valence-electron chi connectivity index (χ1n) is 14.3. The Morgan fingerprint density at radius 1 is 1.18 bits per heavy atom. The molecular weight excluding hydrogens is 510 g/mol. The van der Waals surface area contributed by atoms with Gasteiger partial charge >= 0.3 is 0 Å². The first-order chi connectivity index (χ1) is 18.6. The van der Waals surface area contributed by atoms with Gasteiger partial charge in [0.2, 0.25) is 0 Å². The number of aryl methyl sites for hydroxylation is 1. The maximum atomic E-state index is 14.0. The van der Waals surface area contributed by atoms with E-state index in [1.807, 2.05) is 31.4 Å². The Hall–Kier alpha value is -2.54. The molecule has 2 aromatic heterocycles. The van der Waals surface area contributed by atoms with Crippen molar-refractivity contribution in [1.29, 1.82) is 0 Å². The average Bonchev–Trinajstić information content (AvgIpc) is 3.28. The number of ether oxygens (including phenoxy) is 1. The quantitative estimate of drug-likeness (QED) is 0.254. The van der Waals surface area contributed by atoms with Crippen molar-refractivity contribution in [3.05, 3.63) is 61.4 Å². The molecule has 6 nitrogen and oxygen atoms in total. The van der Waals surface area contributed by atoms with Crippen LogP contribution in [0.15, 0.2) is 23.0 Å². The lowest BCUT2D eigenvalue weighted by atomic mass is 9.82. The van der Waals surface area contributed by atoms with Crippen LogP contribution in [0, 0.1) is 12.8 Å². The van der Waals surface area contributed by atoms with Crippen molar-refractivity contribution in [2.45, 2.75) is 85.4 Å². The van der Waals surface area contributed by atoms with E-state index in [1.54, 1.807) is 14.0 Å². The molecule has 0 saturated carbocycles. The highest BCUT2D eigenvalue weighted by Crippen LogP contribution is 2.41. The Kier molecular flexibility index (Phi) is 7.75. The summed E-state index contributed by atoms with van der Waals surface area (Å²) in [5.41, 5.74) is 6.53. The number of carbonyl (C=O) groups excluding carboxylic acids is 1. The maximum absolute atomic E-state index is 14.0. The number of hydrogen-bond donors (Lipinski definition) is 0. The van der Waals surface area contributed by atoms with E-state index in [0.29, 0.717) is 30.0 Å². The van der Waals surface area contributed by atoms with Gasteiger partial charge in [-0.3, -0.25) is 14.5 Å². The minimum Gasteiger partial charge on any atom is -0.373 e. The summed E-state index contributed by atoms with van der Waals surface area (Å²) < 4.78 is 7.92. The molecule has 5 rings (SSSR count). The van der Waals surface area contributed by atoms with Gasteiger partial charge in [0.15, 0.2) is 0 Å². The summed E-state index contributed by atoms with van der Waals surface area (Å²) in [7, 11) is 1.64. The second-order valence-electron chi connectivity index (χ2n) is 11.6. The van der Waals surface area contributed by atoms with Gasteiger partial charge in [0.1, 0.15) is 5.78 Å². The molecule has 1 saturated heterocycles. The number of piperidine rings is 1. The second kappa shape index (κ2) is 10.8. The summed E-state index contributed by atoms with van der Waals surface area (Å²) in [6.45, 7) is 13.4. The lowest BCUT2D eigenvalue weighted by Crippen LogP contribution is -2.36. The zero-order valence-corrected chi connectivity index (χ0v) is 24.9. The molecule has 39 heavy (non-hydrogen) atoms. The van der Waals surface area contributed by atoms with Crippen LogP contribution in [0.3, 0.4) is 0 Å². The molecule has 1 atom stereocenters. The zero-order chi connectivity index (χ0) is 28.1. The van der Waals surface area contributed by atoms with Gasteiger partial charge in [-0.1, -0.05) is 32.4 Å². The number of carbonyl (C=O) groups is 1. The van der Waals surface area contributed by atoms with Crippen LogP contribution in [0.5, 0.6) is 0 Å². The van der Waals surface area contributed by atoms with Crippen molar-refractivity contribution in [2.75, 3.05) is 20.2 Å². The number of likely N-dealkylation sites (tertiary alicyclic amines) is 1. The van der Waals surface area contributed by atoms with Crippen molar-refractivity contribution in [2.24, 2.45) is 5.92 Å². The fourth-order valence-electron chi connectivity index (χ4n) is 6.59. The summed E-state index contributed by atoms with van der Waals surface area (Å²) in [5, 5.41) is 1.80. The van der Waals surface area contributed by atoms with Crippen molar-refractivity contribution in [3.8, 4) is 11.4 Å². The lowest BCUT2D eigenvalue weighted by Gasteiger charge is -2.33. The van der Waals surface area contributed by atoms with Crippen LogP contribution in [0.25, 0.3) is 22.3 Å². The fraction of sp³-hybridized carbons (Fsp3) is 0.531. The summed E-state index contributed by atoms with van der Waals surface area (Å²) in [5.74, 6) is 0.791. The number of Topliss-reactive ketones (excluding diaryl/α,β-unsaturated/α-hetero) is 1. The minimum atomic E-state index is -0.848. The van der Waals surface area contributed by atoms with Gasteiger partial charge in [-0.15, -0.1) is 0 Å². The smallest absolute Gasteiger partial charge is 0.254 e. The Bertz CT molecular complexity index is 1500. The van der Waals surface area contributed by atoms with E-state index in [0.717, 1.165) is 64.5 Å². The third kappa shape index (κ3) is 4.85. The van der Waals surface area contributed by atoms with E-state index < -0.39 is 5.60 Å². The molecule has 0 N–H and O–H groups in total. The average molecular weight is 550 g/mol. The van der Waals surface area contributed by atoms with E-state index in [4.69, 9.17) is 21.3 Å². The number of fused-ring (bicyclic) bond motifs is 4. The van der Waals surface area contributed by atoms with Gasteiger partial charge in [-0.05, 0) is 93.4 Å². The highest BCUT2D eigenvalue weighted by molar-refractivity contribution is 6.32. The van der Waals surface area contributed by atoms with Crippen LogP contribution >= 0.6 is 11.6 Å². The van der Waals surface area contributed by atoms with Crippen LogP contribution in [0.1, 0.15) is 81.2 Å². The first-order valence-corrected chi connectivity index (χ1v) is 14.7. The molecule has 0 radical (unpaired) electrons. The summed E-state index contributed by atoms with van der Waals surface area (Å²) in [6, 6.07) is 6.18. The van der Waals surface area contributed by atoms with Gasteiger partial charge in [-0.2, -0.15) is 0 Å². The molecule has 1 fully saturated rings. The molecule has 4 heterocycles. The number of aromatic nitrogens is 2. The molecule has 2 aliphatic rings. The molecule has 0 bridgehead atoms. The van der Waals surface area contributed by atoms with E-state index in [1.165, 1.54) is 18.4 Å². The molecule has 1 aromatic carbocycles. The molecule has 7 heteroatoms. The molecule has 3 aromatic rings. The van der Waals surface area contributed by atoms with E-state index in [2.05, 4.69) is 24.0 Å². The summed E-state index contributed by atoms with van der Waals surface area (Å²) in [4.78, 5) is 34.0. The number of methoxy groups -OCH3 is 1. The van der Waals surface area contributed by atoms with Crippen LogP contribution in [-0.4, -0.2) is 40.4 Å². The number of pyridine rings is 2. The Morgan fingerprint density at radius 3 is 2.51 bits per heavy atom. The predicted octanol–water partition coefficient (Wildman–Crippen LogP) is 6.41. The number of nitrogens with zero attached hydrogens (tertiary/aromatic N) is 3. The van der Waals surface area contributed by atoms with Gasteiger partial charge in [0.25, 0.3) is 5.56 Å². The fourth-order valence-corrected chi connectivity index (χ4v) is 6.75. The largest absolute Gasteiger partial charge is 0.373 e. The standard InChI is InChI=1S/C32H40ClN3O3/c1-7-22-26(32(8-2,39-6)16-21(5)37)14-29-30-25(18-36(29)31(22)38)24(17-35-11-9-19(3)10-12-35)23-13-20(4)27(33)15-28(23)34-30/h13-15,19H,7-12,16-18H2,1-6H3. The van der Waals surface area contributed by atoms with Crippen molar-refractivity contribution >= 4 is 28.3 Å². The molecular formula is C32H40ClN3O3. The van der Waals surface area contributed by atoms with E-state index in [9.17, 15) is 9.59 Å². The number of rotatable bonds is 8. The van der Waals surface area contributed by atoms with Gasteiger partial charge < -0.3 is 9.30 Å². The molecule has 2 aliphatic heterocycles. The summed E-state index contributed by atoms with van der Waals surface area (Å²) in [6.07, 6.45) is 3.78. The monoisotopic (exact) mass is 549 g/mol. The summed E-state index contributed by atoms with van der Waals surface area (Å²) >= 11 is 6.58. The van der Waals surface area contributed by atoms with Crippen LogP contribution in [0.2, 0.25) is 5.02 Å². The lowest BCUT2D eigenvalue weighted by molar-refractivity contribution is -0.124. The Morgan fingerprint density at radius 2 is 1.90 bits per heavy atom. The van der Waals surface area contributed by atoms with Crippen molar-refractivity contribution in [1.82, 2.24) is 14.5 Å². The number of hydrogen-bond acceptors (Lipinski definition) is 5. The number of halogens is 1. The normalized spacial score (nSPS) is 17.3. The topological polar surface area (TPSA) is 64.4 Å². The van der Waals surface area contributed by atoms with Crippen LogP contribution in [-0.2, 0) is 34.6 Å². The van der Waals surface area contributed by atoms with E-state index in [-0.39, 0.29) is 17.8 Å². The van der Waals surface area contributed by atoms with E-state index >= 15 is 0 Å². The Balaban J connectivity index is 1.75. The second-order valence-corrected chi connectivity index (χ2v) is 12.0. The number of ketones is 1. The van der Waals surface area contributed by atoms with Gasteiger partial charge in [0, 0.05) is 41.6 Å². The molecule has 0 amide bonds. The molecule has 208 valence electrons. The molecule has 1 unspecified atom stereocenters. The maximum Gasteiger partial charge on any atom is 0.254 e. The van der Waals surface area contributed by atoms with Crippen LogP contribution < -0.4 is 5.56 Å². The highest BCUT2D eigenvalue weighted by Gasteiger charge is 2.38. The third-order valence-electron chi connectivity index (χ3n) is 9.04. The zero-order valence-electron chi connectivity index (χ0n) is 24.1. The molecule has 0 aliphatic carbocycles. The Labute approximate surface area is 236 Å². The van der Waals surface area contributed by atoms with Crippen molar-refractivity contribution < 1.29 is 9.53 Å². The SMILES string of the molecule is CCc1c(C(CC)(CC(C)=O)OC)cc2n(c1=O)Cc1c-2nc2cc(Cl)c(C)cc2c1CN1CCC(C)CC1.